The van der Waals surface area contributed by atoms with Gasteiger partial charge in [0.15, 0.2) is 17.3 Å². The van der Waals surface area contributed by atoms with E-state index >= 15 is 0 Å². The van der Waals surface area contributed by atoms with Gasteiger partial charge in [0.2, 0.25) is 0 Å². The zero-order valence-corrected chi connectivity index (χ0v) is 15.1. The topological polar surface area (TPSA) is 91.6 Å². The van der Waals surface area contributed by atoms with Crippen molar-refractivity contribution in [1.29, 1.82) is 0 Å². The van der Waals surface area contributed by atoms with Crippen LogP contribution < -0.4 is 10.2 Å². The summed E-state index contributed by atoms with van der Waals surface area (Å²) < 4.78 is 5.17. The van der Waals surface area contributed by atoms with Gasteiger partial charge in [-0.1, -0.05) is 18.2 Å². The number of carbonyl (C=O) groups excluding carboxylic acids is 2. The van der Waals surface area contributed by atoms with Crippen LogP contribution in [0, 0.1) is 0 Å². The van der Waals surface area contributed by atoms with Gasteiger partial charge in [0.05, 0.1) is 6.26 Å². The highest BCUT2D eigenvalue weighted by Crippen LogP contribution is 2.15. The predicted molar refractivity (Wildman–Crippen MR) is 103 cm³/mol. The van der Waals surface area contributed by atoms with Crippen molar-refractivity contribution in [2.75, 3.05) is 36.4 Å². The third-order valence-electron chi connectivity index (χ3n) is 4.54. The number of rotatable bonds is 4. The Balaban J connectivity index is 1.34. The van der Waals surface area contributed by atoms with Gasteiger partial charge in [-0.05, 0) is 36.4 Å². The number of hydrogen-bond acceptors (Lipinski definition) is 6. The first-order valence-corrected chi connectivity index (χ1v) is 8.98. The van der Waals surface area contributed by atoms with Crippen LogP contribution in [0.2, 0.25) is 0 Å². The molecule has 142 valence electrons. The molecule has 0 saturated carbocycles. The SMILES string of the molecule is O=C(Nc1ccccc1)c1ccc(N2CCN(C(=O)c3ccco3)CC2)nn1. The number of nitrogens with one attached hydrogen (secondary N) is 1. The van der Waals surface area contributed by atoms with E-state index in [0.717, 1.165) is 0 Å². The molecule has 0 spiro atoms. The predicted octanol–water partition coefficient (Wildman–Crippen LogP) is 2.28. The summed E-state index contributed by atoms with van der Waals surface area (Å²) in [6, 6.07) is 16.0. The Labute approximate surface area is 161 Å². The molecule has 3 aromatic rings. The molecule has 8 heteroatoms. The fourth-order valence-electron chi connectivity index (χ4n) is 3.03. The summed E-state index contributed by atoms with van der Waals surface area (Å²) in [5, 5.41) is 11.0. The summed E-state index contributed by atoms with van der Waals surface area (Å²) in [6.45, 7) is 2.41. The number of piperazine rings is 1. The number of amides is 2. The summed E-state index contributed by atoms with van der Waals surface area (Å²) in [4.78, 5) is 28.4. The summed E-state index contributed by atoms with van der Waals surface area (Å²) in [5.74, 6) is 0.617. The number of hydrogen-bond donors (Lipinski definition) is 1. The number of anilines is 2. The van der Waals surface area contributed by atoms with Crippen LogP contribution in [0.5, 0.6) is 0 Å². The quantitative estimate of drug-likeness (QED) is 0.750. The molecular weight excluding hydrogens is 358 g/mol. The van der Waals surface area contributed by atoms with Crippen molar-refractivity contribution < 1.29 is 14.0 Å². The highest BCUT2D eigenvalue weighted by molar-refractivity contribution is 6.02. The van der Waals surface area contributed by atoms with Crippen molar-refractivity contribution in [1.82, 2.24) is 15.1 Å². The largest absolute Gasteiger partial charge is 0.459 e. The molecule has 8 nitrogen and oxygen atoms in total. The van der Waals surface area contributed by atoms with Crippen LogP contribution in [0.3, 0.4) is 0 Å². The average Bonchev–Trinajstić information content (AvgIpc) is 3.29. The molecule has 0 unspecified atom stereocenters. The van der Waals surface area contributed by atoms with E-state index < -0.39 is 0 Å². The van der Waals surface area contributed by atoms with Gasteiger partial charge < -0.3 is 19.5 Å². The van der Waals surface area contributed by atoms with Crippen molar-refractivity contribution in [2.24, 2.45) is 0 Å². The molecule has 1 aromatic carbocycles. The van der Waals surface area contributed by atoms with Crippen molar-refractivity contribution in [3.8, 4) is 0 Å². The normalized spacial score (nSPS) is 14.0. The number of furan rings is 1. The third-order valence-corrected chi connectivity index (χ3v) is 4.54. The minimum atomic E-state index is -0.306. The fourth-order valence-corrected chi connectivity index (χ4v) is 3.03. The molecule has 0 atom stereocenters. The Morgan fingerprint density at radius 2 is 1.68 bits per heavy atom. The second-order valence-corrected chi connectivity index (χ2v) is 6.35. The number of carbonyl (C=O) groups is 2. The molecule has 1 saturated heterocycles. The maximum Gasteiger partial charge on any atom is 0.289 e. The minimum absolute atomic E-state index is 0.108. The lowest BCUT2D eigenvalue weighted by Gasteiger charge is -2.34. The third kappa shape index (κ3) is 3.85. The standard InChI is InChI=1S/C20H19N5O3/c26-19(21-15-5-2-1-3-6-15)16-8-9-18(23-22-16)24-10-12-25(13-11-24)20(27)17-7-4-14-28-17/h1-9,14H,10-13H2,(H,21,26). The van der Waals surface area contributed by atoms with Crippen molar-refractivity contribution in [3.63, 3.8) is 0 Å². The molecule has 3 heterocycles. The van der Waals surface area contributed by atoms with Crippen LogP contribution in [-0.2, 0) is 0 Å². The molecule has 1 N–H and O–H groups in total. The first-order valence-electron chi connectivity index (χ1n) is 8.98. The Morgan fingerprint density at radius 1 is 0.893 bits per heavy atom. The van der Waals surface area contributed by atoms with Crippen LogP contribution in [0.4, 0.5) is 11.5 Å². The van der Waals surface area contributed by atoms with Crippen molar-refractivity contribution in [3.05, 3.63) is 72.3 Å². The molecule has 4 rings (SSSR count). The van der Waals surface area contributed by atoms with Gasteiger partial charge in [-0.2, -0.15) is 0 Å². The van der Waals surface area contributed by atoms with Crippen molar-refractivity contribution >= 4 is 23.3 Å². The van der Waals surface area contributed by atoms with Gasteiger partial charge in [-0.25, -0.2) is 0 Å². The van der Waals surface area contributed by atoms with Gasteiger partial charge in [-0.3, -0.25) is 9.59 Å². The monoisotopic (exact) mass is 377 g/mol. The van der Waals surface area contributed by atoms with Crippen LogP contribution in [0.1, 0.15) is 21.0 Å². The molecule has 1 fully saturated rings. The zero-order chi connectivity index (χ0) is 19.3. The smallest absolute Gasteiger partial charge is 0.289 e. The summed E-state index contributed by atoms with van der Waals surface area (Å²) in [5.41, 5.74) is 0.954. The molecule has 2 aromatic heterocycles. The molecule has 2 amide bonds. The lowest BCUT2D eigenvalue weighted by atomic mass is 10.2. The number of para-hydroxylation sites is 1. The molecule has 1 aliphatic heterocycles. The van der Waals surface area contributed by atoms with Crippen LogP contribution in [0.15, 0.2) is 65.3 Å². The maximum atomic E-state index is 12.3. The highest BCUT2D eigenvalue weighted by atomic mass is 16.3. The molecule has 0 bridgehead atoms. The molecule has 1 aliphatic rings. The Morgan fingerprint density at radius 3 is 2.32 bits per heavy atom. The number of aromatic nitrogens is 2. The van der Waals surface area contributed by atoms with E-state index in [1.165, 1.54) is 6.26 Å². The lowest BCUT2D eigenvalue weighted by Crippen LogP contribution is -2.49. The van der Waals surface area contributed by atoms with Crippen molar-refractivity contribution in [2.45, 2.75) is 0 Å². The summed E-state index contributed by atoms with van der Waals surface area (Å²) in [6.07, 6.45) is 1.49. The summed E-state index contributed by atoms with van der Waals surface area (Å²) in [7, 11) is 0. The van der Waals surface area contributed by atoms with E-state index in [2.05, 4.69) is 15.5 Å². The number of benzene rings is 1. The fraction of sp³-hybridized carbons (Fsp3) is 0.200. The first kappa shape index (κ1) is 17.7. The molecular formula is C20H19N5O3. The second kappa shape index (κ2) is 7.91. The van der Waals surface area contributed by atoms with Gasteiger partial charge in [0, 0.05) is 31.9 Å². The van der Waals surface area contributed by atoms with Gasteiger partial charge in [0.1, 0.15) is 0 Å². The van der Waals surface area contributed by atoms with Crippen LogP contribution in [0.25, 0.3) is 0 Å². The zero-order valence-electron chi connectivity index (χ0n) is 15.1. The second-order valence-electron chi connectivity index (χ2n) is 6.35. The van der Waals surface area contributed by atoms with E-state index in [4.69, 9.17) is 4.42 Å². The Bertz CT molecular complexity index is 934. The van der Waals surface area contributed by atoms with Crippen LogP contribution in [-0.4, -0.2) is 53.1 Å². The summed E-state index contributed by atoms with van der Waals surface area (Å²) >= 11 is 0. The van der Waals surface area contributed by atoms with E-state index in [0.29, 0.717) is 43.4 Å². The maximum absolute atomic E-state index is 12.3. The van der Waals surface area contributed by atoms with E-state index in [1.54, 1.807) is 29.2 Å². The average molecular weight is 377 g/mol. The number of nitrogens with zero attached hydrogens (tertiary/aromatic N) is 4. The first-order chi connectivity index (χ1) is 13.7. The van der Waals surface area contributed by atoms with Gasteiger partial charge in [0.25, 0.3) is 11.8 Å². The van der Waals surface area contributed by atoms with Gasteiger partial charge in [-0.15, -0.1) is 10.2 Å². The van der Waals surface area contributed by atoms with E-state index in [1.807, 2.05) is 35.2 Å². The molecule has 28 heavy (non-hydrogen) atoms. The minimum Gasteiger partial charge on any atom is -0.459 e. The molecule has 0 aliphatic carbocycles. The van der Waals surface area contributed by atoms with Gasteiger partial charge >= 0.3 is 0 Å². The van der Waals surface area contributed by atoms with E-state index in [9.17, 15) is 9.59 Å². The Kier molecular flexibility index (Phi) is 5.01. The lowest BCUT2D eigenvalue weighted by molar-refractivity contribution is 0.0714. The highest BCUT2D eigenvalue weighted by Gasteiger charge is 2.24. The van der Waals surface area contributed by atoms with Crippen LogP contribution >= 0.6 is 0 Å². The van der Waals surface area contributed by atoms with E-state index in [-0.39, 0.29) is 17.5 Å². The molecule has 0 radical (unpaired) electrons. The Hall–Kier alpha value is -3.68.